The van der Waals surface area contributed by atoms with Crippen molar-refractivity contribution in [2.75, 3.05) is 38.3 Å². The van der Waals surface area contributed by atoms with E-state index in [1.54, 1.807) is 13.2 Å². The fourth-order valence-corrected chi connectivity index (χ4v) is 2.17. The minimum Gasteiger partial charge on any atom is -0.497 e. The smallest absolute Gasteiger partial charge is 0.291 e. The SMILES string of the molecule is COc1ccc2nc(N3CCOCC3)c(=O)[nH]c2c1. The molecule has 3 rings (SSSR count). The molecule has 6 heteroatoms. The third kappa shape index (κ3) is 2.26. The van der Waals surface area contributed by atoms with Gasteiger partial charge in [-0.15, -0.1) is 0 Å². The monoisotopic (exact) mass is 261 g/mol. The highest BCUT2D eigenvalue weighted by Gasteiger charge is 2.16. The number of morpholine rings is 1. The van der Waals surface area contributed by atoms with Crippen LogP contribution >= 0.6 is 0 Å². The van der Waals surface area contributed by atoms with E-state index in [9.17, 15) is 4.79 Å². The van der Waals surface area contributed by atoms with Crippen molar-refractivity contribution in [3.63, 3.8) is 0 Å². The number of nitrogens with one attached hydrogen (secondary N) is 1. The molecule has 1 aromatic carbocycles. The highest BCUT2D eigenvalue weighted by atomic mass is 16.5. The van der Waals surface area contributed by atoms with Crippen LogP contribution in [0, 0.1) is 0 Å². The van der Waals surface area contributed by atoms with Crippen LogP contribution < -0.4 is 15.2 Å². The van der Waals surface area contributed by atoms with Gasteiger partial charge in [-0.2, -0.15) is 0 Å². The number of anilines is 1. The van der Waals surface area contributed by atoms with Gasteiger partial charge in [-0.3, -0.25) is 4.79 Å². The van der Waals surface area contributed by atoms with E-state index in [0.29, 0.717) is 43.4 Å². The summed E-state index contributed by atoms with van der Waals surface area (Å²) in [5.41, 5.74) is 1.26. The summed E-state index contributed by atoms with van der Waals surface area (Å²) in [5.74, 6) is 1.16. The number of aromatic nitrogens is 2. The van der Waals surface area contributed by atoms with Crippen LogP contribution in [0.3, 0.4) is 0 Å². The first kappa shape index (κ1) is 12.0. The summed E-state index contributed by atoms with van der Waals surface area (Å²) >= 11 is 0. The van der Waals surface area contributed by atoms with Gasteiger partial charge in [0.25, 0.3) is 5.56 Å². The number of rotatable bonds is 2. The molecule has 2 heterocycles. The fourth-order valence-electron chi connectivity index (χ4n) is 2.17. The normalized spacial score (nSPS) is 15.7. The average molecular weight is 261 g/mol. The van der Waals surface area contributed by atoms with Crippen LogP contribution in [0.2, 0.25) is 0 Å². The van der Waals surface area contributed by atoms with E-state index in [-0.39, 0.29) is 5.56 Å². The van der Waals surface area contributed by atoms with Gasteiger partial charge in [0.1, 0.15) is 5.75 Å². The minimum absolute atomic E-state index is 0.178. The Bertz CT molecular complexity index is 647. The molecule has 1 aliphatic heterocycles. The Morgan fingerprint density at radius 3 is 2.89 bits per heavy atom. The summed E-state index contributed by atoms with van der Waals surface area (Å²) in [4.78, 5) is 21.3. The highest BCUT2D eigenvalue weighted by Crippen LogP contribution is 2.18. The fraction of sp³-hybridized carbons (Fsp3) is 0.385. The van der Waals surface area contributed by atoms with Crippen molar-refractivity contribution in [3.05, 3.63) is 28.6 Å². The molecular weight excluding hydrogens is 246 g/mol. The summed E-state index contributed by atoms with van der Waals surface area (Å²) in [6.45, 7) is 2.64. The largest absolute Gasteiger partial charge is 0.497 e. The maximum Gasteiger partial charge on any atom is 0.291 e. The number of fused-ring (bicyclic) bond motifs is 1. The molecule has 1 N–H and O–H groups in total. The van der Waals surface area contributed by atoms with Gasteiger partial charge in [-0.05, 0) is 12.1 Å². The molecule has 2 aromatic rings. The zero-order valence-electron chi connectivity index (χ0n) is 10.7. The van der Waals surface area contributed by atoms with Gasteiger partial charge in [0.15, 0.2) is 5.82 Å². The van der Waals surface area contributed by atoms with Crippen molar-refractivity contribution in [2.45, 2.75) is 0 Å². The number of hydrogen-bond acceptors (Lipinski definition) is 5. The maximum absolute atomic E-state index is 12.1. The highest BCUT2D eigenvalue weighted by molar-refractivity contribution is 5.77. The first-order valence-corrected chi connectivity index (χ1v) is 6.19. The number of methoxy groups -OCH3 is 1. The predicted octanol–water partition coefficient (Wildman–Crippen LogP) is 0.768. The molecule has 6 nitrogen and oxygen atoms in total. The topological polar surface area (TPSA) is 67.5 Å². The molecule has 0 radical (unpaired) electrons. The van der Waals surface area contributed by atoms with Crippen LogP contribution in [0.1, 0.15) is 0 Å². The number of nitrogens with zero attached hydrogens (tertiary/aromatic N) is 2. The van der Waals surface area contributed by atoms with Gasteiger partial charge in [0.05, 0.1) is 31.4 Å². The molecule has 19 heavy (non-hydrogen) atoms. The summed E-state index contributed by atoms with van der Waals surface area (Å²) < 4.78 is 10.4. The van der Waals surface area contributed by atoms with Crippen LogP contribution in [0.4, 0.5) is 5.82 Å². The van der Waals surface area contributed by atoms with Gasteiger partial charge in [-0.1, -0.05) is 0 Å². The number of aromatic amines is 1. The maximum atomic E-state index is 12.1. The summed E-state index contributed by atoms with van der Waals surface area (Å²) in [6.07, 6.45) is 0. The molecule has 1 saturated heterocycles. The molecular formula is C13H15N3O3. The van der Waals surface area contributed by atoms with Crippen LogP contribution in [0.5, 0.6) is 5.75 Å². The third-order valence-corrected chi connectivity index (χ3v) is 3.19. The van der Waals surface area contributed by atoms with E-state index in [1.165, 1.54) is 0 Å². The van der Waals surface area contributed by atoms with Gasteiger partial charge in [0.2, 0.25) is 0 Å². The van der Waals surface area contributed by atoms with Crippen LogP contribution in [0.15, 0.2) is 23.0 Å². The predicted molar refractivity (Wildman–Crippen MR) is 71.9 cm³/mol. The van der Waals surface area contributed by atoms with Gasteiger partial charge in [0, 0.05) is 19.2 Å². The second-order valence-corrected chi connectivity index (χ2v) is 4.37. The Labute approximate surface area is 110 Å². The van der Waals surface area contributed by atoms with E-state index < -0.39 is 0 Å². The Morgan fingerprint density at radius 2 is 2.16 bits per heavy atom. The lowest BCUT2D eigenvalue weighted by Crippen LogP contribution is -2.39. The zero-order chi connectivity index (χ0) is 13.2. The van der Waals surface area contributed by atoms with Crippen molar-refractivity contribution in [1.29, 1.82) is 0 Å². The van der Waals surface area contributed by atoms with Crippen molar-refractivity contribution >= 4 is 16.9 Å². The molecule has 100 valence electrons. The molecule has 0 aliphatic carbocycles. The minimum atomic E-state index is -0.178. The van der Waals surface area contributed by atoms with Crippen LogP contribution in [0.25, 0.3) is 11.0 Å². The molecule has 0 atom stereocenters. The summed E-state index contributed by atoms with van der Waals surface area (Å²) in [7, 11) is 1.59. The quantitative estimate of drug-likeness (QED) is 0.864. The number of benzene rings is 1. The van der Waals surface area contributed by atoms with Gasteiger partial charge < -0.3 is 19.4 Å². The molecule has 0 unspecified atom stereocenters. The number of hydrogen-bond donors (Lipinski definition) is 1. The van der Waals surface area contributed by atoms with Crippen molar-refractivity contribution in [1.82, 2.24) is 9.97 Å². The lowest BCUT2D eigenvalue weighted by Gasteiger charge is -2.27. The van der Waals surface area contributed by atoms with Crippen LogP contribution in [-0.2, 0) is 4.74 Å². The van der Waals surface area contributed by atoms with E-state index in [4.69, 9.17) is 9.47 Å². The summed E-state index contributed by atoms with van der Waals surface area (Å²) in [6, 6.07) is 5.44. The van der Waals surface area contributed by atoms with Crippen molar-refractivity contribution in [3.8, 4) is 5.75 Å². The first-order valence-electron chi connectivity index (χ1n) is 6.19. The van der Waals surface area contributed by atoms with Gasteiger partial charge in [-0.25, -0.2) is 4.98 Å². The Morgan fingerprint density at radius 1 is 1.37 bits per heavy atom. The standard InChI is InChI=1S/C13H15N3O3/c1-18-9-2-3-10-11(8-9)15-13(17)12(14-10)16-4-6-19-7-5-16/h2-3,8H,4-7H2,1H3,(H,15,17). The third-order valence-electron chi connectivity index (χ3n) is 3.19. The second-order valence-electron chi connectivity index (χ2n) is 4.37. The van der Waals surface area contributed by atoms with E-state index in [2.05, 4.69) is 9.97 Å². The van der Waals surface area contributed by atoms with Gasteiger partial charge >= 0.3 is 0 Å². The lowest BCUT2D eigenvalue weighted by molar-refractivity contribution is 0.122. The Kier molecular flexibility index (Phi) is 3.08. The molecule has 0 saturated carbocycles. The Hall–Kier alpha value is -2.08. The zero-order valence-corrected chi connectivity index (χ0v) is 10.7. The molecule has 1 aromatic heterocycles. The Balaban J connectivity index is 2.06. The van der Waals surface area contributed by atoms with E-state index in [1.807, 2.05) is 17.0 Å². The molecule has 1 aliphatic rings. The van der Waals surface area contributed by atoms with Crippen LogP contribution in [-0.4, -0.2) is 43.4 Å². The first-order chi connectivity index (χ1) is 9.28. The summed E-state index contributed by atoms with van der Waals surface area (Å²) in [5, 5.41) is 0. The second kappa shape index (κ2) is 4.89. The molecule has 0 amide bonds. The van der Waals surface area contributed by atoms with Crippen molar-refractivity contribution < 1.29 is 9.47 Å². The lowest BCUT2D eigenvalue weighted by atomic mass is 10.3. The number of H-pyrrole nitrogens is 1. The molecule has 0 bridgehead atoms. The molecule has 1 fully saturated rings. The number of ether oxygens (including phenoxy) is 2. The average Bonchev–Trinajstić information content (AvgIpc) is 2.47. The van der Waals surface area contributed by atoms with E-state index in [0.717, 1.165) is 5.52 Å². The van der Waals surface area contributed by atoms with Crippen molar-refractivity contribution in [2.24, 2.45) is 0 Å². The molecule has 0 spiro atoms. The van der Waals surface area contributed by atoms with E-state index >= 15 is 0 Å².